The molecule has 0 amide bonds. The highest BCUT2D eigenvalue weighted by Gasteiger charge is 2.12. The molecule has 18 heavy (non-hydrogen) atoms. The lowest BCUT2D eigenvalue weighted by atomic mass is 9.96. The van der Waals surface area contributed by atoms with E-state index in [1.807, 2.05) is 37.3 Å². The smallest absolute Gasteiger partial charge is 0.0483 e. The molecule has 0 aromatic heterocycles. The number of hydrogen-bond acceptors (Lipinski definition) is 1. The molecule has 1 atom stereocenters. The van der Waals surface area contributed by atoms with Crippen molar-refractivity contribution < 1.29 is 0 Å². The van der Waals surface area contributed by atoms with Gasteiger partial charge in [-0.25, -0.2) is 0 Å². The van der Waals surface area contributed by atoms with Crippen molar-refractivity contribution in [1.82, 2.24) is 0 Å². The maximum absolute atomic E-state index is 6.31. The number of benzene rings is 2. The minimum Gasteiger partial charge on any atom is -0.324 e. The lowest BCUT2D eigenvalue weighted by Gasteiger charge is -2.16. The van der Waals surface area contributed by atoms with Crippen LogP contribution >= 0.6 is 11.6 Å². The third-order valence-corrected chi connectivity index (χ3v) is 3.84. The van der Waals surface area contributed by atoms with Gasteiger partial charge in [-0.1, -0.05) is 54.1 Å². The zero-order valence-corrected chi connectivity index (χ0v) is 11.5. The normalized spacial score (nSPS) is 12.4. The SMILES string of the molecule is Cc1ccccc1CC(N)c1cccc(C)c1Cl. The van der Waals surface area contributed by atoms with E-state index in [1.165, 1.54) is 11.1 Å². The summed E-state index contributed by atoms with van der Waals surface area (Å²) in [6, 6.07) is 14.3. The van der Waals surface area contributed by atoms with Crippen LogP contribution in [-0.2, 0) is 6.42 Å². The standard InChI is InChI=1S/C16H18ClN/c1-11-6-3-4-8-13(11)10-15(18)14-9-5-7-12(2)16(14)17/h3-9,15H,10,18H2,1-2H3. The maximum Gasteiger partial charge on any atom is 0.0483 e. The third-order valence-electron chi connectivity index (χ3n) is 3.32. The Balaban J connectivity index is 2.25. The molecule has 0 radical (unpaired) electrons. The Morgan fingerprint density at radius 3 is 2.39 bits per heavy atom. The van der Waals surface area contributed by atoms with Crippen molar-refractivity contribution in [2.24, 2.45) is 5.73 Å². The van der Waals surface area contributed by atoms with Crippen LogP contribution in [0.15, 0.2) is 42.5 Å². The zero-order chi connectivity index (χ0) is 13.1. The lowest BCUT2D eigenvalue weighted by molar-refractivity contribution is 0.718. The average Bonchev–Trinajstić information content (AvgIpc) is 2.35. The van der Waals surface area contributed by atoms with Gasteiger partial charge in [-0.05, 0) is 42.5 Å². The van der Waals surface area contributed by atoms with Gasteiger partial charge in [0.2, 0.25) is 0 Å². The van der Waals surface area contributed by atoms with Crippen LogP contribution in [0.4, 0.5) is 0 Å². The van der Waals surface area contributed by atoms with E-state index < -0.39 is 0 Å². The highest BCUT2D eigenvalue weighted by atomic mass is 35.5. The molecule has 0 aliphatic heterocycles. The van der Waals surface area contributed by atoms with Crippen LogP contribution in [0, 0.1) is 13.8 Å². The maximum atomic E-state index is 6.31. The molecule has 0 saturated carbocycles. The average molecular weight is 260 g/mol. The fourth-order valence-corrected chi connectivity index (χ4v) is 2.41. The van der Waals surface area contributed by atoms with E-state index in [9.17, 15) is 0 Å². The van der Waals surface area contributed by atoms with Gasteiger partial charge in [0.15, 0.2) is 0 Å². The van der Waals surface area contributed by atoms with E-state index in [2.05, 4.69) is 19.1 Å². The molecule has 2 N–H and O–H groups in total. The molecule has 0 aliphatic rings. The van der Waals surface area contributed by atoms with Crippen molar-refractivity contribution in [3.8, 4) is 0 Å². The molecule has 0 saturated heterocycles. The van der Waals surface area contributed by atoms with Gasteiger partial charge in [0.1, 0.15) is 0 Å². The third kappa shape index (κ3) is 2.74. The molecule has 94 valence electrons. The van der Waals surface area contributed by atoms with Crippen LogP contribution in [0.2, 0.25) is 5.02 Å². The molecule has 2 rings (SSSR count). The number of nitrogens with two attached hydrogens (primary N) is 1. The predicted molar refractivity (Wildman–Crippen MR) is 78.0 cm³/mol. The summed E-state index contributed by atoms with van der Waals surface area (Å²) in [4.78, 5) is 0. The van der Waals surface area contributed by atoms with Crippen molar-refractivity contribution in [1.29, 1.82) is 0 Å². The second kappa shape index (κ2) is 5.55. The Hall–Kier alpha value is -1.31. The summed E-state index contributed by atoms with van der Waals surface area (Å²) in [5.41, 5.74) is 10.9. The molecular weight excluding hydrogens is 242 g/mol. The molecular formula is C16H18ClN. The number of halogens is 1. The molecule has 2 heteroatoms. The van der Waals surface area contributed by atoms with Crippen LogP contribution in [0.3, 0.4) is 0 Å². The number of aryl methyl sites for hydroxylation is 2. The molecule has 1 unspecified atom stereocenters. The molecule has 0 fully saturated rings. The number of hydrogen-bond donors (Lipinski definition) is 1. The van der Waals surface area contributed by atoms with Crippen molar-refractivity contribution in [2.45, 2.75) is 26.3 Å². The first-order valence-corrected chi connectivity index (χ1v) is 6.52. The van der Waals surface area contributed by atoms with Gasteiger partial charge in [-0.2, -0.15) is 0 Å². The monoisotopic (exact) mass is 259 g/mol. The largest absolute Gasteiger partial charge is 0.324 e. The summed E-state index contributed by atoms with van der Waals surface area (Å²) >= 11 is 6.31. The van der Waals surface area contributed by atoms with Gasteiger partial charge in [0.25, 0.3) is 0 Å². The Morgan fingerprint density at radius 1 is 1.00 bits per heavy atom. The highest BCUT2D eigenvalue weighted by Crippen LogP contribution is 2.27. The quantitative estimate of drug-likeness (QED) is 0.878. The van der Waals surface area contributed by atoms with Crippen LogP contribution in [0.5, 0.6) is 0 Å². The zero-order valence-electron chi connectivity index (χ0n) is 10.8. The van der Waals surface area contributed by atoms with Gasteiger partial charge in [0, 0.05) is 11.1 Å². The molecule has 0 heterocycles. The number of rotatable bonds is 3. The van der Waals surface area contributed by atoms with E-state index in [-0.39, 0.29) is 6.04 Å². The fourth-order valence-electron chi connectivity index (χ4n) is 2.14. The summed E-state index contributed by atoms with van der Waals surface area (Å²) in [7, 11) is 0. The lowest BCUT2D eigenvalue weighted by Crippen LogP contribution is -2.14. The van der Waals surface area contributed by atoms with Gasteiger partial charge in [0.05, 0.1) is 0 Å². The van der Waals surface area contributed by atoms with E-state index in [0.29, 0.717) is 0 Å². The first-order valence-electron chi connectivity index (χ1n) is 6.14. The predicted octanol–water partition coefficient (Wildman–Crippen LogP) is 4.20. The summed E-state index contributed by atoms with van der Waals surface area (Å²) in [6.45, 7) is 4.12. The topological polar surface area (TPSA) is 26.0 Å². The fraction of sp³-hybridized carbons (Fsp3) is 0.250. The molecule has 0 aliphatic carbocycles. The summed E-state index contributed by atoms with van der Waals surface area (Å²) in [6.07, 6.45) is 0.815. The van der Waals surface area contributed by atoms with Crippen molar-refractivity contribution in [3.05, 3.63) is 69.7 Å². The minimum atomic E-state index is -0.0569. The Kier molecular flexibility index (Phi) is 4.05. The highest BCUT2D eigenvalue weighted by molar-refractivity contribution is 6.32. The Morgan fingerprint density at radius 2 is 1.67 bits per heavy atom. The van der Waals surface area contributed by atoms with Crippen molar-refractivity contribution >= 4 is 11.6 Å². The summed E-state index contributed by atoms with van der Waals surface area (Å²) < 4.78 is 0. The first kappa shape index (κ1) is 13.1. The van der Waals surface area contributed by atoms with E-state index in [4.69, 9.17) is 17.3 Å². The molecule has 2 aromatic carbocycles. The second-order valence-electron chi connectivity index (χ2n) is 4.72. The molecule has 0 bridgehead atoms. The van der Waals surface area contributed by atoms with E-state index in [0.717, 1.165) is 22.6 Å². The van der Waals surface area contributed by atoms with Gasteiger partial charge < -0.3 is 5.73 Å². The van der Waals surface area contributed by atoms with Crippen LogP contribution in [0.1, 0.15) is 28.3 Å². The van der Waals surface area contributed by atoms with Crippen LogP contribution in [0.25, 0.3) is 0 Å². The van der Waals surface area contributed by atoms with Gasteiger partial charge in [-0.15, -0.1) is 0 Å². The summed E-state index contributed by atoms with van der Waals surface area (Å²) in [5.74, 6) is 0. The Bertz CT molecular complexity index is 549. The van der Waals surface area contributed by atoms with E-state index >= 15 is 0 Å². The van der Waals surface area contributed by atoms with Crippen molar-refractivity contribution in [2.75, 3.05) is 0 Å². The van der Waals surface area contributed by atoms with Gasteiger partial charge >= 0.3 is 0 Å². The molecule has 1 nitrogen and oxygen atoms in total. The molecule has 2 aromatic rings. The van der Waals surface area contributed by atoms with Crippen LogP contribution < -0.4 is 5.73 Å². The Labute approximate surface area is 114 Å². The van der Waals surface area contributed by atoms with Gasteiger partial charge in [-0.3, -0.25) is 0 Å². The second-order valence-corrected chi connectivity index (χ2v) is 5.09. The molecule has 0 spiro atoms. The van der Waals surface area contributed by atoms with Crippen LogP contribution in [-0.4, -0.2) is 0 Å². The van der Waals surface area contributed by atoms with Crippen molar-refractivity contribution in [3.63, 3.8) is 0 Å². The minimum absolute atomic E-state index is 0.0569. The van der Waals surface area contributed by atoms with E-state index in [1.54, 1.807) is 0 Å². The summed E-state index contributed by atoms with van der Waals surface area (Å²) in [5, 5.41) is 0.790. The first-order chi connectivity index (χ1) is 8.59.